The number of benzene rings is 1. The number of aromatic amines is 1. The lowest BCUT2D eigenvalue weighted by molar-refractivity contribution is 0.0460. The summed E-state index contributed by atoms with van der Waals surface area (Å²) in [5.41, 5.74) is 3.01. The normalized spacial score (nSPS) is 18.5. The standard InChI is InChI=1S/C15H16N2O/c1-11-9-13(10-16-11)15(18)17-8-7-14(17)12-5-3-2-4-6-12/h2-6,9-10,14,16H,7-8H2,1H3. The third-order valence-corrected chi connectivity index (χ3v) is 3.54. The van der Waals surface area contributed by atoms with E-state index >= 15 is 0 Å². The van der Waals surface area contributed by atoms with Gasteiger partial charge in [0.05, 0.1) is 11.6 Å². The number of aromatic nitrogens is 1. The van der Waals surface area contributed by atoms with Gasteiger partial charge in [0, 0.05) is 18.4 Å². The van der Waals surface area contributed by atoms with Crippen molar-refractivity contribution in [1.29, 1.82) is 0 Å². The van der Waals surface area contributed by atoms with Crippen molar-refractivity contribution in [3.63, 3.8) is 0 Å². The van der Waals surface area contributed by atoms with Crippen molar-refractivity contribution in [2.75, 3.05) is 6.54 Å². The van der Waals surface area contributed by atoms with Gasteiger partial charge in [-0.15, -0.1) is 0 Å². The van der Waals surface area contributed by atoms with Crippen LogP contribution >= 0.6 is 0 Å². The van der Waals surface area contributed by atoms with Crippen LogP contribution in [-0.4, -0.2) is 22.3 Å². The number of carbonyl (C=O) groups is 1. The Hall–Kier alpha value is -2.03. The molecule has 1 aromatic carbocycles. The molecule has 0 spiro atoms. The number of amides is 1. The highest BCUT2D eigenvalue weighted by Crippen LogP contribution is 2.34. The van der Waals surface area contributed by atoms with Gasteiger partial charge in [-0.25, -0.2) is 0 Å². The van der Waals surface area contributed by atoms with Crippen LogP contribution in [-0.2, 0) is 0 Å². The van der Waals surface area contributed by atoms with Crippen LogP contribution in [0, 0.1) is 6.92 Å². The molecule has 2 aromatic rings. The lowest BCUT2D eigenvalue weighted by Gasteiger charge is -2.41. The molecule has 1 unspecified atom stereocenters. The maximum atomic E-state index is 12.3. The maximum Gasteiger partial charge on any atom is 0.255 e. The molecule has 92 valence electrons. The summed E-state index contributed by atoms with van der Waals surface area (Å²) in [5, 5.41) is 0. The minimum Gasteiger partial charge on any atom is -0.364 e. The average molecular weight is 240 g/mol. The molecule has 0 aliphatic carbocycles. The largest absolute Gasteiger partial charge is 0.364 e. The van der Waals surface area contributed by atoms with Crippen LogP contribution < -0.4 is 0 Å². The van der Waals surface area contributed by atoms with E-state index in [4.69, 9.17) is 0 Å². The van der Waals surface area contributed by atoms with Gasteiger partial charge >= 0.3 is 0 Å². The Morgan fingerprint density at radius 2 is 2.11 bits per heavy atom. The van der Waals surface area contributed by atoms with Gasteiger partial charge in [0.2, 0.25) is 0 Å². The first-order valence-electron chi connectivity index (χ1n) is 6.26. The van der Waals surface area contributed by atoms with Crippen molar-refractivity contribution in [2.45, 2.75) is 19.4 Å². The average Bonchev–Trinajstić information content (AvgIpc) is 2.76. The molecule has 1 aliphatic heterocycles. The Balaban J connectivity index is 1.80. The predicted octanol–water partition coefficient (Wildman–Crippen LogP) is 2.91. The van der Waals surface area contributed by atoms with Gasteiger partial charge in [-0.05, 0) is 25.0 Å². The molecule has 2 heterocycles. The zero-order valence-electron chi connectivity index (χ0n) is 10.4. The number of carbonyl (C=O) groups excluding carboxylic acids is 1. The number of hydrogen-bond donors (Lipinski definition) is 1. The van der Waals surface area contributed by atoms with Gasteiger partial charge in [0.15, 0.2) is 0 Å². The van der Waals surface area contributed by atoms with E-state index < -0.39 is 0 Å². The van der Waals surface area contributed by atoms with Crippen LogP contribution in [0.5, 0.6) is 0 Å². The molecule has 1 aliphatic rings. The Labute approximate surface area is 106 Å². The van der Waals surface area contributed by atoms with Gasteiger partial charge < -0.3 is 9.88 Å². The molecule has 1 saturated heterocycles. The van der Waals surface area contributed by atoms with Crippen LogP contribution in [0.2, 0.25) is 0 Å². The highest BCUT2D eigenvalue weighted by Gasteiger charge is 2.33. The number of nitrogens with zero attached hydrogens (tertiary/aromatic N) is 1. The molecule has 1 N–H and O–H groups in total. The number of rotatable bonds is 2. The number of hydrogen-bond acceptors (Lipinski definition) is 1. The van der Waals surface area contributed by atoms with Gasteiger partial charge in [0.25, 0.3) is 5.91 Å². The monoisotopic (exact) mass is 240 g/mol. The molecule has 1 atom stereocenters. The van der Waals surface area contributed by atoms with Gasteiger partial charge in [-0.3, -0.25) is 4.79 Å². The van der Waals surface area contributed by atoms with E-state index in [1.54, 1.807) is 6.20 Å². The van der Waals surface area contributed by atoms with Crippen molar-refractivity contribution in [3.8, 4) is 0 Å². The fraction of sp³-hybridized carbons (Fsp3) is 0.267. The molecule has 3 nitrogen and oxygen atoms in total. The molecular weight excluding hydrogens is 224 g/mol. The second-order valence-corrected chi connectivity index (χ2v) is 4.79. The number of likely N-dealkylation sites (tertiary alicyclic amines) is 1. The van der Waals surface area contributed by atoms with Crippen molar-refractivity contribution in [1.82, 2.24) is 9.88 Å². The summed E-state index contributed by atoms with van der Waals surface area (Å²) >= 11 is 0. The van der Waals surface area contributed by atoms with Crippen molar-refractivity contribution in [2.24, 2.45) is 0 Å². The summed E-state index contributed by atoms with van der Waals surface area (Å²) in [7, 11) is 0. The Bertz CT molecular complexity index is 559. The van der Waals surface area contributed by atoms with Gasteiger partial charge in [0.1, 0.15) is 0 Å². The SMILES string of the molecule is Cc1cc(C(=O)N2CCC2c2ccccc2)c[nH]1. The zero-order chi connectivity index (χ0) is 12.5. The molecule has 0 bridgehead atoms. The number of nitrogens with one attached hydrogen (secondary N) is 1. The molecule has 3 rings (SSSR count). The van der Waals surface area contributed by atoms with Crippen molar-refractivity contribution >= 4 is 5.91 Å². The van der Waals surface area contributed by atoms with Gasteiger partial charge in [-0.1, -0.05) is 30.3 Å². The summed E-state index contributed by atoms with van der Waals surface area (Å²) in [5.74, 6) is 0.124. The van der Waals surface area contributed by atoms with Crippen molar-refractivity contribution in [3.05, 3.63) is 59.4 Å². The van der Waals surface area contributed by atoms with E-state index in [0.717, 1.165) is 24.2 Å². The topological polar surface area (TPSA) is 36.1 Å². The van der Waals surface area contributed by atoms with Gasteiger partial charge in [-0.2, -0.15) is 0 Å². The summed E-state index contributed by atoms with van der Waals surface area (Å²) in [6.07, 6.45) is 2.84. The first-order chi connectivity index (χ1) is 8.75. The molecular formula is C15H16N2O. The lowest BCUT2D eigenvalue weighted by Crippen LogP contribution is -2.44. The number of H-pyrrole nitrogens is 1. The number of aryl methyl sites for hydroxylation is 1. The van der Waals surface area contributed by atoms with E-state index in [2.05, 4.69) is 17.1 Å². The Morgan fingerprint density at radius 1 is 1.33 bits per heavy atom. The third-order valence-electron chi connectivity index (χ3n) is 3.54. The zero-order valence-corrected chi connectivity index (χ0v) is 10.4. The van der Waals surface area contributed by atoms with Crippen LogP contribution in [0.1, 0.15) is 34.1 Å². The van der Waals surface area contributed by atoms with Crippen LogP contribution in [0.25, 0.3) is 0 Å². The van der Waals surface area contributed by atoms with Crippen molar-refractivity contribution < 1.29 is 4.79 Å². The third kappa shape index (κ3) is 1.82. The van der Waals surface area contributed by atoms with E-state index in [1.807, 2.05) is 36.1 Å². The van der Waals surface area contributed by atoms with E-state index in [1.165, 1.54) is 5.56 Å². The smallest absolute Gasteiger partial charge is 0.255 e. The lowest BCUT2D eigenvalue weighted by atomic mass is 9.94. The van der Waals surface area contributed by atoms with E-state index in [9.17, 15) is 4.79 Å². The van der Waals surface area contributed by atoms with Crippen LogP contribution in [0.3, 0.4) is 0 Å². The van der Waals surface area contributed by atoms with E-state index in [0.29, 0.717) is 0 Å². The minimum atomic E-state index is 0.124. The molecule has 3 heteroatoms. The molecule has 0 radical (unpaired) electrons. The predicted molar refractivity (Wildman–Crippen MR) is 70.4 cm³/mol. The van der Waals surface area contributed by atoms with E-state index in [-0.39, 0.29) is 11.9 Å². The fourth-order valence-corrected chi connectivity index (χ4v) is 2.45. The molecule has 1 fully saturated rings. The molecule has 18 heavy (non-hydrogen) atoms. The van der Waals surface area contributed by atoms with Crippen LogP contribution in [0.4, 0.5) is 0 Å². The molecule has 1 amide bonds. The summed E-state index contributed by atoms with van der Waals surface area (Å²) < 4.78 is 0. The Kier molecular flexibility index (Phi) is 2.67. The van der Waals surface area contributed by atoms with Crippen LogP contribution in [0.15, 0.2) is 42.6 Å². The Morgan fingerprint density at radius 3 is 2.67 bits per heavy atom. The summed E-state index contributed by atoms with van der Waals surface area (Å²) in [6.45, 7) is 2.81. The maximum absolute atomic E-state index is 12.3. The highest BCUT2D eigenvalue weighted by molar-refractivity contribution is 5.95. The summed E-state index contributed by atoms with van der Waals surface area (Å²) in [4.78, 5) is 17.3. The quantitative estimate of drug-likeness (QED) is 0.860. The highest BCUT2D eigenvalue weighted by atomic mass is 16.2. The second-order valence-electron chi connectivity index (χ2n) is 4.79. The summed E-state index contributed by atoms with van der Waals surface area (Å²) in [6, 6.07) is 12.4. The first-order valence-corrected chi connectivity index (χ1v) is 6.26. The first kappa shape index (κ1) is 11.1. The molecule has 0 saturated carbocycles. The molecule has 1 aromatic heterocycles. The minimum absolute atomic E-state index is 0.124. The second kappa shape index (κ2) is 4.33. The fourth-order valence-electron chi connectivity index (χ4n) is 2.45.